The molecule has 0 saturated carbocycles. The Kier molecular flexibility index (Phi) is 7.36. The summed E-state index contributed by atoms with van der Waals surface area (Å²) in [5.41, 5.74) is 0.840. The van der Waals surface area contributed by atoms with Gasteiger partial charge in [0.2, 0.25) is 15.9 Å². The topological polar surface area (TPSA) is 84.9 Å². The van der Waals surface area contributed by atoms with E-state index < -0.39 is 28.3 Å². The molecule has 0 saturated heterocycles. The first kappa shape index (κ1) is 21.6. The molecule has 0 spiro atoms. The highest BCUT2D eigenvalue weighted by Crippen LogP contribution is 2.27. The summed E-state index contributed by atoms with van der Waals surface area (Å²) in [4.78, 5) is 11.9. The quantitative estimate of drug-likeness (QED) is 0.685. The summed E-state index contributed by atoms with van der Waals surface area (Å²) in [5.74, 6) is -0.475. The molecule has 0 aromatic heterocycles. The fourth-order valence-electron chi connectivity index (χ4n) is 2.52. The first-order chi connectivity index (χ1) is 13.3. The third kappa shape index (κ3) is 5.20. The molecular weight excluding hydrogens is 387 g/mol. The van der Waals surface area contributed by atoms with Gasteiger partial charge in [-0.2, -0.15) is 4.31 Å². The minimum Gasteiger partial charge on any atom is -0.497 e. The molecule has 1 amide bonds. The molecule has 28 heavy (non-hydrogen) atoms. The Labute approximate surface area is 164 Å². The summed E-state index contributed by atoms with van der Waals surface area (Å²) in [7, 11) is -1.26. The van der Waals surface area contributed by atoms with Crippen LogP contribution in [0.1, 0.15) is 12.5 Å². The third-order valence-corrected chi connectivity index (χ3v) is 6.01. The fraction of sp³-hybridized carbons (Fsp3) is 0.316. The molecule has 0 aliphatic rings. The number of ether oxygens (including phenoxy) is 2. The summed E-state index contributed by atoms with van der Waals surface area (Å²) in [6.07, 6.45) is 0. The first-order valence-corrected chi connectivity index (χ1v) is 9.99. The number of hydrogen-bond donors (Lipinski definition) is 1. The average molecular weight is 410 g/mol. The Morgan fingerprint density at radius 2 is 1.79 bits per heavy atom. The van der Waals surface area contributed by atoms with Crippen LogP contribution >= 0.6 is 0 Å². The lowest BCUT2D eigenvalue weighted by molar-refractivity contribution is -0.121. The highest BCUT2D eigenvalue weighted by molar-refractivity contribution is 7.89. The maximum atomic E-state index is 13.6. The SMILES string of the molecule is CCN(CC(=O)NCc1ccc(OC)cc1)S(=O)(=O)c1cc(F)ccc1OC. The van der Waals surface area contributed by atoms with Gasteiger partial charge >= 0.3 is 0 Å². The Morgan fingerprint density at radius 1 is 1.11 bits per heavy atom. The molecule has 2 rings (SSSR count). The second-order valence-corrected chi connectivity index (χ2v) is 7.76. The number of halogens is 1. The van der Waals surface area contributed by atoms with Gasteiger partial charge in [0, 0.05) is 13.1 Å². The Bertz CT molecular complexity index is 916. The van der Waals surface area contributed by atoms with Crippen molar-refractivity contribution < 1.29 is 27.1 Å². The van der Waals surface area contributed by atoms with Gasteiger partial charge in [-0.25, -0.2) is 12.8 Å². The number of amides is 1. The van der Waals surface area contributed by atoms with Crippen molar-refractivity contribution in [1.29, 1.82) is 0 Å². The van der Waals surface area contributed by atoms with E-state index in [9.17, 15) is 17.6 Å². The largest absolute Gasteiger partial charge is 0.497 e. The van der Waals surface area contributed by atoms with Gasteiger partial charge in [0.25, 0.3) is 0 Å². The predicted octanol–water partition coefficient (Wildman–Crippen LogP) is 2.17. The molecule has 0 atom stereocenters. The Morgan fingerprint density at radius 3 is 2.36 bits per heavy atom. The van der Waals surface area contributed by atoms with Gasteiger partial charge in [0.15, 0.2) is 0 Å². The van der Waals surface area contributed by atoms with E-state index in [2.05, 4.69) is 5.32 Å². The monoisotopic (exact) mass is 410 g/mol. The van der Waals surface area contributed by atoms with Crippen molar-refractivity contribution in [1.82, 2.24) is 9.62 Å². The maximum absolute atomic E-state index is 13.6. The zero-order valence-electron chi connectivity index (χ0n) is 15.9. The van der Waals surface area contributed by atoms with Crippen LogP contribution < -0.4 is 14.8 Å². The summed E-state index contributed by atoms with van der Waals surface area (Å²) in [6, 6.07) is 10.3. The molecular formula is C19H23FN2O5S. The van der Waals surface area contributed by atoms with Crippen LogP contribution in [-0.2, 0) is 21.4 Å². The zero-order valence-corrected chi connectivity index (χ0v) is 16.8. The number of nitrogens with zero attached hydrogens (tertiary/aromatic N) is 1. The van der Waals surface area contributed by atoms with E-state index in [0.29, 0.717) is 5.75 Å². The molecule has 0 aliphatic heterocycles. The number of benzene rings is 2. The van der Waals surface area contributed by atoms with Gasteiger partial charge < -0.3 is 14.8 Å². The van der Waals surface area contributed by atoms with Crippen LogP contribution in [0.15, 0.2) is 47.4 Å². The average Bonchev–Trinajstić information content (AvgIpc) is 2.70. The van der Waals surface area contributed by atoms with E-state index in [1.165, 1.54) is 13.2 Å². The number of carbonyl (C=O) groups excluding carboxylic acids is 1. The molecule has 9 heteroatoms. The summed E-state index contributed by atoms with van der Waals surface area (Å²) < 4.78 is 50.4. The van der Waals surface area contributed by atoms with Crippen LogP contribution in [0.2, 0.25) is 0 Å². The standard InChI is InChI=1S/C19H23FN2O5S/c1-4-22(28(24,25)18-11-15(20)7-10-17(18)27-3)13-19(23)21-12-14-5-8-16(26-2)9-6-14/h5-11H,4,12-13H2,1-3H3,(H,21,23). The number of nitrogens with one attached hydrogen (secondary N) is 1. The zero-order chi connectivity index (χ0) is 20.7. The van der Waals surface area contributed by atoms with Crippen LogP contribution in [0.5, 0.6) is 11.5 Å². The second-order valence-electron chi connectivity index (χ2n) is 5.85. The number of hydrogen-bond acceptors (Lipinski definition) is 5. The van der Waals surface area contributed by atoms with Gasteiger partial charge in [-0.15, -0.1) is 0 Å². The van der Waals surface area contributed by atoms with E-state index >= 15 is 0 Å². The van der Waals surface area contributed by atoms with Crippen molar-refractivity contribution in [2.75, 3.05) is 27.3 Å². The van der Waals surface area contributed by atoms with Crippen molar-refractivity contribution >= 4 is 15.9 Å². The highest BCUT2D eigenvalue weighted by atomic mass is 32.2. The lowest BCUT2D eigenvalue weighted by atomic mass is 10.2. The minimum atomic E-state index is -4.11. The number of likely N-dealkylation sites (N-methyl/N-ethyl adjacent to an activating group) is 1. The number of rotatable bonds is 9. The Hall–Kier alpha value is -2.65. The summed E-state index contributed by atoms with van der Waals surface area (Å²) in [6.45, 7) is 1.48. The van der Waals surface area contributed by atoms with E-state index in [1.54, 1.807) is 38.3 Å². The van der Waals surface area contributed by atoms with Crippen LogP contribution in [0.4, 0.5) is 4.39 Å². The van der Waals surface area contributed by atoms with E-state index in [4.69, 9.17) is 9.47 Å². The second kappa shape index (κ2) is 9.52. The molecule has 0 unspecified atom stereocenters. The van der Waals surface area contributed by atoms with E-state index in [-0.39, 0.29) is 23.7 Å². The molecule has 0 bridgehead atoms. The van der Waals surface area contributed by atoms with Gasteiger partial charge in [-0.05, 0) is 35.9 Å². The molecule has 152 valence electrons. The third-order valence-electron chi connectivity index (χ3n) is 4.06. The van der Waals surface area contributed by atoms with Crippen LogP contribution in [0.25, 0.3) is 0 Å². The normalized spacial score (nSPS) is 11.3. The molecule has 2 aromatic rings. The predicted molar refractivity (Wildman–Crippen MR) is 102 cm³/mol. The highest BCUT2D eigenvalue weighted by Gasteiger charge is 2.28. The minimum absolute atomic E-state index is 0.0125. The fourth-order valence-corrected chi connectivity index (χ4v) is 4.09. The van der Waals surface area contributed by atoms with E-state index in [0.717, 1.165) is 22.0 Å². The van der Waals surface area contributed by atoms with Gasteiger partial charge in [0.1, 0.15) is 22.2 Å². The van der Waals surface area contributed by atoms with Crippen LogP contribution in [0.3, 0.4) is 0 Å². The van der Waals surface area contributed by atoms with E-state index in [1.807, 2.05) is 0 Å². The summed E-state index contributed by atoms with van der Waals surface area (Å²) in [5, 5.41) is 2.67. The van der Waals surface area contributed by atoms with Crippen molar-refractivity contribution in [3.05, 3.63) is 53.8 Å². The molecule has 0 radical (unpaired) electrons. The first-order valence-electron chi connectivity index (χ1n) is 8.55. The molecule has 0 aliphatic carbocycles. The van der Waals surface area contributed by atoms with Gasteiger partial charge in [-0.3, -0.25) is 4.79 Å². The molecule has 7 nitrogen and oxygen atoms in total. The van der Waals surface area contributed by atoms with Crippen molar-refractivity contribution in [2.24, 2.45) is 0 Å². The smallest absolute Gasteiger partial charge is 0.247 e. The lowest BCUT2D eigenvalue weighted by Gasteiger charge is -2.21. The van der Waals surface area contributed by atoms with Gasteiger partial charge in [-0.1, -0.05) is 19.1 Å². The molecule has 1 N–H and O–H groups in total. The van der Waals surface area contributed by atoms with Crippen LogP contribution in [-0.4, -0.2) is 45.9 Å². The molecule has 2 aromatic carbocycles. The Balaban J connectivity index is 2.09. The number of methoxy groups -OCH3 is 2. The molecule has 0 fully saturated rings. The van der Waals surface area contributed by atoms with Gasteiger partial charge in [0.05, 0.1) is 20.8 Å². The van der Waals surface area contributed by atoms with Crippen molar-refractivity contribution in [2.45, 2.75) is 18.4 Å². The number of sulfonamides is 1. The summed E-state index contributed by atoms with van der Waals surface area (Å²) >= 11 is 0. The lowest BCUT2D eigenvalue weighted by Crippen LogP contribution is -2.40. The van der Waals surface area contributed by atoms with Crippen molar-refractivity contribution in [3.63, 3.8) is 0 Å². The van der Waals surface area contributed by atoms with Crippen molar-refractivity contribution in [3.8, 4) is 11.5 Å². The molecule has 0 heterocycles. The maximum Gasteiger partial charge on any atom is 0.247 e. The number of carbonyl (C=O) groups is 1. The van der Waals surface area contributed by atoms with Crippen LogP contribution in [0, 0.1) is 5.82 Å².